The highest BCUT2D eigenvalue weighted by Gasteiger charge is 2.24. The maximum Gasteiger partial charge on any atom is 0.254 e. The zero-order valence-electron chi connectivity index (χ0n) is 9.53. The molecule has 2 rings (SSSR count). The first-order valence-corrected chi connectivity index (χ1v) is 5.78. The molecule has 1 aromatic heterocycles. The number of rotatable bonds is 2. The van der Waals surface area contributed by atoms with Crippen molar-refractivity contribution in [2.75, 3.05) is 0 Å². The summed E-state index contributed by atoms with van der Waals surface area (Å²) in [6, 6.07) is 1.94. The van der Waals surface area contributed by atoms with Crippen LogP contribution in [0.25, 0.3) is 0 Å². The minimum atomic E-state index is -0.0841. The van der Waals surface area contributed by atoms with E-state index in [9.17, 15) is 4.79 Å². The van der Waals surface area contributed by atoms with Crippen molar-refractivity contribution in [3.05, 3.63) is 23.7 Å². The molecule has 1 aliphatic carbocycles. The van der Waals surface area contributed by atoms with Gasteiger partial charge in [0.25, 0.3) is 5.91 Å². The van der Waals surface area contributed by atoms with Gasteiger partial charge < -0.3 is 15.5 Å². The van der Waals surface area contributed by atoms with Crippen molar-refractivity contribution in [1.29, 1.82) is 0 Å². The monoisotopic (exact) mass is 222 g/mol. The van der Waals surface area contributed by atoms with Crippen molar-refractivity contribution in [1.82, 2.24) is 5.32 Å². The highest BCUT2D eigenvalue weighted by molar-refractivity contribution is 5.94. The van der Waals surface area contributed by atoms with Gasteiger partial charge in [-0.2, -0.15) is 0 Å². The van der Waals surface area contributed by atoms with Crippen LogP contribution in [0.4, 0.5) is 0 Å². The number of nitrogens with two attached hydrogens (primary N) is 1. The van der Waals surface area contributed by atoms with Gasteiger partial charge in [0.1, 0.15) is 12.0 Å². The first kappa shape index (κ1) is 11.2. The van der Waals surface area contributed by atoms with Crippen LogP contribution in [0.5, 0.6) is 0 Å². The van der Waals surface area contributed by atoms with Gasteiger partial charge in [0.15, 0.2) is 0 Å². The standard InChI is InChI=1S/C12H18N2O2/c1-8-6-9(7-16-8)12(15)14-11-5-3-2-4-10(11)13/h6-7,10-11H,2-5,13H2,1H3,(H,14,15). The fourth-order valence-electron chi connectivity index (χ4n) is 2.15. The first-order chi connectivity index (χ1) is 7.66. The third-order valence-corrected chi connectivity index (χ3v) is 3.13. The molecule has 2 unspecified atom stereocenters. The first-order valence-electron chi connectivity index (χ1n) is 5.78. The van der Waals surface area contributed by atoms with E-state index >= 15 is 0 Å². The van der Waals surface area contributed by atoms with Gasteiger partial charge in [-0.3, -0.25) is 4.79 Å². The molecule has 1 heterocycles. The summed E-state index contributed by atoms with van der Waals surface area (Å²) in [6.07, 6.45) is 5.76. The van der Waals surface area contributed by atoms with Crippen molar-refractivity contribution in [2.24, 2.45) is 5.73 Å². The number of hydrogen-bond donors (Lipinski definition) is 2. The van der Waals surface area contributed by atoms with Crippen LogP contribution in [0.1, 0.15) is 41.8 Å². The van der Waals surface area contributed by atoms with Gasteiger partial charge in [0.05, 0.1) is 5.56 Å². The Kier molecular flexibility index (Phi) is 3.29. The van der Waals surface area contributed by atoms with Crippen molar-refractivity contribution in [2.45, 2.75) is 44.7 Å². The minimum Gasteiger partial charge on any atom is -0.469 e. The van der Waals surface area contributed by atoms with Crippen LogP contribution in [0.3, 0.4) is 0 Å². The second-order valence-corrected chi connectivity index (χ2v) is 4.47. The van der Waals surface area contributed by atoms with Crippen LogP contribution in [0.2, 0.25) is 0 Å². The van der Waals surface area contributed by atoms with Gasteiger partial charge in [-0.25, -0.2) is 0 Å². The summed E-state index contributed by atoms with van der Waals surface area (Å²) in [5, 5.41) is 2.97. The zero-order chi connectivity index (χ0) is 11.5. The normalized spacial score (nSPS) is 25.4. The SMILES string of the molecule is Cc1cc(C(=O)NC2CCCCC2N)co1. The Labute approximate surface area is 95.2 Å². The lowest BCUT2D eigenvalue weighted by atomic mass is 9.91. The number of hydrogen-bond acceptors (Lipinski definition) is 3. The molecule has 1 amide bonds. The van der Waals surface area contributed by atoms with Crippen molar-refractivity contribution in [3.63, 3.8) is 0 Å². The molecule has 0 aliphatic heterocycles. The molecule has 1 aliphatic rings. The Morgan fingerprint density at radius 2 is 2.25 bits per heavy atom. The lowest BCUT2D eigenvalue weighted by Crippen LogP contribution is -2.49. The molecule has 88 valence electrons. The Balaban J connectivity index is 1.96. The van der Waals surface area contributed by atoms with Crippen LogP contribution in [-0.4, -0.2) is 18.0 Å². The van der Waals surface area contributed by atoms with Crippen molar-refractivity contribution >= 4 is 5.91 Å². The summed E-state index contributed by atoms with van der Waals surface area (Å²) in [7, 11) is 0. The van der Waals surface area contributed by atoms with E-state index in [-0.39, 0.29) is 18.0 Å². The van der Waals surface area contributed by atoms with E-state index in [1.807, 2.05) is 6.92 Å². The van der Waals surface area contributed by atoms with E-state index in [0.717, 1.165) is 25.0 Å². The number of amides is 1. The Morgan fingerprint density at radius 3 is 2.88 bits per heavy atom. The van der Waals surface area contributed by atoms with E-state index in [4.69, 9.17) is 10.2 Å². The summed E-state index contributed by atoms with van der Waals surface area (Å²) in [5.41, 5.74) is 6.55. The highest BCUT2D eigenvalue weighted by Crippen LogP contribution is 2.17. The molecule has 0 saturated heterocycles. The van der Waals surface area contributed by atoms with Crippen LogP contribution in [0.15, 0.2) is 16.7 Å². The Morgan fingerprint density at radius 1 is 1.50 bits per heavy atom. The van der Waals surface area contributed by atoms with Crippen LogP contribution in [-0.2, 0) is 0 Å². The third kappa shape index (κ3) is 2.44. The molecule has 3 N–H and O–H groups in total. The molecule has 1 aromatic rings. The number of aryl methyl sites for hydroxylation is 1. The molecule has 0 bridgehead atoms. The fourth-order valence-corrected chi connectivity index (χ4v) is 2.15. The molecule has 4 nitrogen and oxygen atoms in total. The Hall–Kier alpha value is -1.29. The lowest BCUT2D eigenvalue weighted by molar-refractivity contribution is 0.0920. The molecular formula is C12H18N2O2. The van der Waals surface area contributed by atoms with E-state index in [2.05, 4.69) is 5.32 Å². The van der Waals surface area contributed by atoms with Gasteiger partial charge in [-0.05, 0) is 25.8 Å². The average Bonchev–Trinajstić information content (AvgIpc) is 2.68. The van der Waals surface area contributed by atoms with Crippen molar-refractivity contribution < 1.29 is 9.21 Å². The van der Waals surface area contributed by atoms with E-state index in [0.29, 0.717) is 5.56 Å². The van der Waals surface area contributed by atoms with Gasteiger partial charge in [-0.1, -0.05) is 12.8 Å². The number of nitrogens with one attached hydrogen (secondary N) is 1. The van der Waals surface area contributed by atoms with Gasteiger partial charge in [0.2, 0.25) is 0 Å². The molecule has 2 atom stereocenters. The number of carbonyl (C=O) groups is 1. The van der Waals surface area contributed by atoms with Crippen LogP contribution < -0.4 is 11.1 Å². The molecule has 0 radical (unpaired) electrons. The summed E-state index contributed by atoms with van der Waals surface area (Å²) in [4.78, 5) is 11.8. The molecule has 4 heteroatoms. The number of furan rings is 1. The zero-order valence-corrected chi connectivity index (χ0v) is 9.53. The predicted molar refractivity (Wildman–Crippen MR) is 61.1 cm³/mol. The second kappa shape index (κ2) is 4.70. The third-order valence-electron chi connectivity index (χ3n) is 3.13. The molecule has 0 aromatic carbocycles. The topological polar surface area (TPSA) is 68.3 Å². The van der Waals surface area contributed by atoms with E-state index < -0.39 is 0 Å². The number of carbonyl (C=O) groups excluding carboxylic acids is 1. The minimum absolute atomic E-state index is 0.0841. The lowest BCUT2D eigenvalue weighted by Gasteiger charge is -2.29. The van der Waals surface area contributed by atoms with Crippen molar-refractivity contribution in [3.8, 4) is 0 Å². The largest absolute Gasteiger partial charge is 0.469 e. The molecule has 1 saturated carbocycles. The molecular weight excluding hydrogens is 204 g/mol. The van der Waals surface area contributed by atoms with Gasteiger partial charge in [-0.15, -0.1) is 0 Å². The summed E-state index contributed by atoms with van der Waals surface area (Å²) in [5.74, 6) is 0.664. The summed E-state index contributed by atoms with van der Waals surface area (Å²) >= 11 is 0. The van der Waals surface area contributed by atoms with Crippen LogP contribution in [0, 0.1) is 6.92 Å². The van der Waals surface area contributed by atoms with Crippen LogP contribution >= 0.6 is 0 Å². The summed E-state index contributed by atoms with van der Waals surface area (Å²) < 4.78 is 5.11. The molecule has 1 fully saturated rings. The highest BCUT2D eigenvalue weighted by atomic mass is 16.3. The molecule has 0 spiro atoms. The Bertz CT molecular complexity index is 373. The maximum absolute atomic E-state index is 11.8. The summed E-state index contributed by atoms with van der Waals surface area (Å²) in [6.45, 7) is 1.82. The average molecular weight is 222 g/mol. The quantitative estimate of drug-likeness (QED) is 0.798. The molecule has 16 heavy (non-hydrogen) atoms. The predicted octanol–water partition coefficient (Wildman–Crippen LogP) is 1.59. The van der Waals surface area contributed by atoms with E-state index in [1.54, 1.807) is 6.07 Å². The van der Waals surface area contributed by atoms with Gasteiger partial charge >= 0.3 is 0 Å². The van der Waals surface area contributed by atoms with E-state index in [1.165, 1.54) is 12.7 Å². The second-order valence-electron chi connectivity index (χ2n) is 4.47. The maximum atomic E-state index is 11.8. The van der Waals surface area contributed by atoms with Gasteiger partial charge in [0, 0.05) is 12.1 Å². The smallest absolute Gasteiger partial charge is 0.254 e. The fraction of sp³-hybridized carbons (Fsp3) is 0.583.